The van der Waals surface area contributed by atoms with Crippen LogP contribution < -0.4 is 4.74 Å². The van der Waals surface area contributed by atoms with Crippen molar-refractivity contribution in [3.63, 3.8) is 0 Å². The fraction of sp³-hybridized carbons (Fsp3) is 0.344. The summed E-state index contributed by atoms with van der Waals surface area (Å²) in [4.78, 5) is 23.2. The first kappa shape index (κ1) is 25.5. The van der Waals surface area contributed by atoms with E-state index in [1.54, 1.807) is 0 Å². The van der Waals surface area contributed by atoms with Crippen molar-refractivity contribution in [3.05, 3.63) is 111 Å². The van der Waals surface area contributed by atoms with Crippen LogP contribution in [0.25, 0.3) is 6.08 Å². The number of hydrogen-bond acceptors (Lipinski definition) is 6. The second-order valence-corrected chi connectivity index (χ2v) is 10.7. The van der Waals surface area contributed by atoms with Crippen LogP contribution in [-0.2, 0) is 21.3 Å². The third kappa shape index (κ3) is 4.56. The Labute approximate surface area is 227 Å². The molecular weight excluding hydrogens is 494 g/mol. The van der Waals surface area contributed by atoms with E-state index in [0.29, 0.717) is 24.9 Å². The molecule has 0 amide bonds. The number of esters is 1. The molecule has 3 aromatic carbocycles. The van der Waals surface area contributed by atoms with Crippen LogP contribution >= 0.6 is 0 Å². The Hall–Kier alpha value is -3.81. The maximum Gasteiger partial charge on any atom is 0.343 e. The van der Waals surface area contributed by atoms with Crippen LogP contribution in [0.5, 0.6) is 5.75 Å². The highest BCUT2D eigenvalue weighted by atomic mass is 16.7. The van der Waals surface area contributed by atoms with E-state index in [1.165, 1.54) is 41.0 Å². The first-order chi connectivity index (χ1) is 18.9. The van der Waals surface area contributed by atoms with Gasteiger partial charge in [-0.15, -0.1) is 0 Å². The Bertz CT molecular complexity index is 1420. The van der Waals surface area contributed by atoms with Crippen LogP contribution in [0.2, 0.25) is 0 Å². The summed E-state index contributed by atoms with van der Waals surface area (Å²) in [6.07, 6.45) is 6.79. The summed E-state index contributed by atoms with van der Waals surface area (Å²) >= 11 is 0. The highest BCUT2D eigenvalue weighted by Gasteiger charge is 2.56. The van der Waals surface area contributed by atoms with Gasteiger partial charge in [0.05, 0.1) is 23.7 Å². The molecule has 1 saturated carbocycles. The third-order valence-electron chi connectivity index (χ3n) is 8.72. The summed E-state index contributed by atoms with van der Waals surface area (Å²) in [6.45, 7) is 3.48. The van der Waals surface area contributed by atoms with E-state index in [4.69, 9.17) is 14.2 Å². The van der Waals surface area contributed by atoms with E-state index in [-0.39, 0.29) is 16.7 Å². The minimum atomic E-state index is -0.656. The van der Waals surface area contributed by atoms with Gasteiger partial charge in [0.2, 0.25) is 0 Å². The van der Waals surface area contributed by atoms with Gasteiger partial charge in [0.15, 0.2) is 5.79 Å². The van der Waals surface area contributed by atoms with Crippen LogP contribution in [-0.4, -0.2) is 29.9 Å². The zero-order valence-corrected chi connectivity index (χ0v) is 21.9. The van der Waals surface area contributed by atoms with Crippen LogP contribution in [0.3, 0.4) is 0 Å². The van der Waals surface area contributed by atoms with Crippen molar-refractivity contribution in [2.45, 2.75) is 50.2 Å². The predicted octanol–water partition coefficient (Wildman–Crippen LogP) is 6.64. The number of nitrogens with zero attached hydrogens (tertiary/aromatic N) is 1. The Morgan fingerprint density at radius 1 is 1.08 bits per heavy atom. The lowest BCUT2D eigenvalue weighted by Gasteiger charge is -2.53. The molecule has 2 aliphatic carbocycles. The fourth-order valence-electron chi connectivity index (χ4n) is 6.78. The third-order valence-corrected chi connectivity index (χ3v) is 8.72. The summed E-state index contributed by atoms with van der Waals surface area (Å²) in [6, 6.07) is 21.8. The molecule has 7 heteroatoms. The standard InChI is InChI=1S/C32H31NO6/c1-2-31-20-26(18-22-6-4-3-5-7-22)32(37-16-17-38-32)21-25(31)11-8-24-19-28(14-15-29(24)31)39-30(34)23-9-12-27(13-10-23)33(35)36/h3-7,9-10,12-15,18-19,25H,2,8,11,16-17,20-21H2,1H3/b26-18+/t25-,31-/m1/s1. The van der Waals surface area contributed by atoms with Crippen LogP contribution in [0, 0.1) is 16.0 Å². The number of aryl methyl sites for hydroxylation is 1. The predicted molar refractivity (Wildman–Crippen MR) is 147 cm³/mol. The molecule has 0 radical (unpaired) electrons. The smallest absolute Gasteiger partial charge is 0.343 e. The second-order valence-electron chi connectivity index (χ2n) is 10.7. The van der Waals surface area contributed by atoms with E-state index in [9.17, 15) is 14.9 Å². The quantitative estimate of drug-likeness (QED) is 0.161. The van der Waals surface area contributed by atoms with Crippen molar-refractivity contribution in [2.24, 2.45) is 5.92 Å². The van der Waals surface area contributed by atoms with Crippen LogP contribution in [0.1, 0.15) is 59.7 Å². The molecule has 6 rings (SSSR count). The zero-order valence-electron chi connectivity index (χ0n) is 21.9. The number of carbonyl (C=O) groups is 1. The van der Waals surface area contributed by atoms with Crippen molar-refractivity contribution in [3.8, 4) is 5.75 Å². The van der Waals surface area contributed by atoms with Gasteiger partial charge in [-0.1, -0.05) is 49.4 Å². The topological polar surface area (TPSA) is 87.9 Å². The van der Waals surface area contributed by atoms with Crippen molar-refractivity contribution in [1.82, 2.24) is 0 Å². The minimum Gasteiger partial charge on any atom is -0.423 e. The molecule has 0 bridgehead atoms. The summed E-state index contributed by atoms with van der Waals surface area (Å²) < 4.78 is 18.4. The van der Waals surface area contributed by atoms with E-state index in [2.05, 4.69) is 31.2 Å². The van der Waals surface area contributed by atoms with Crippen molar-refractivity contribution in [2.75, 3.05) is 13.2 Å². The molecule has 2 fully saturated rings. The van der Waals surface area contributed by atoms with Gasteiger partial charge in [0.1, 0.15) is 5.75 Å². The average Bonchev–Trinajstić information content (AvgIpc) is 3.43. The SMILES string of the molecule is CC[C@@]12C/C(=C\c3ccccc3)C3(C[C@H]1CCc1cc(OC(=O)c4ccc([N+](=O)[O-])cc4)ccc12)OCCO3. The van der Waals surface area contributed by atoms with Crippen molar-refractivity contribution >= 4 is 17.7 Å². The van der Waals surface area contributed by atoms with Crippen molar-refractivity contribution in [1.29, 1.82) is 0 Å². The van der Waals surface area contributed by atoms with Crippen LogP contribution in [0.4, 0.5) is 5.69 Å². The first-order valence-electron chi connectivity index (χ1n) is 13.6. The average molecular weight is 526 g/mol. The highest BCUT2D eigenvalue weighted by Crippen LogP contribution is 2.58. The molecule has 39 heavy (non-hydrogen) atoms. The van der Waals surface area contributed by atoms with Gasteiger partial charge >= 0.3 is 5.97 Å². The van der Waals surface area contributed by atoms with Gasteiger partial charge in [0.25, 0.3) is 5.69 Å². The number of benzene rings is 3. The van der Waals surface area contributed by atoms with Gasteiger partial charge < -0.3 is 14.2 Å². The number of carbonyl (C=O) groups excluding carboxylic acids is 1. The molecular formula is C32H31NO6. The van der Waals surface area contributed by atoms with E-state index < -0.39 is 16.7 Å². The number of rotatable bonds is 5. The Morgan fingerprint density at radius 3 is 2.51 bits per heavy atom. The fourth-order valence-corrected chi connectivity index (χ4v) is 6.78. The number of ether oxygens (including phenoxy) is 3. The first-order valence-corrected chi connectivity index (χ1v) is 13.6. The minimum absolute atomic E-state index is 0.0599. The number of fused-ring (bicyclic) bond motifs is 3. The molecule has 1 spiro atoms. The maximum atomic E-state index is 12.7. The molecule has 3 aromatic rings. The zero-order chi connectivity index (χ0) is 27.0. The van der Waals surface area contributed by atoms with Gasteiger partial charge in [0, 0.05) is 24.0 Å². The number of nitro benzene ring substituents is 1. The lowest BCUT2D eigenvalue weighted by molar-refractivity contribution is -0.384. The van der Waals surface area contributed by atoms with Gasteiger partial charge in [-0.3, -0.25) is 10.1 Å². The Morgan fingerprint density at radius 2 is 1.82 bits per heavy atom. The molecule has 1 heterocycles. The molecule has 0 N–H and O–H groups in total. The summed E-state index contributed by atoms with van der Waals surface area (Å²) in [5, 5.41) is 10.9. The van der Waals surface area contributed by atoms with E-state index in [1.807, 2.05) is 30.3 Å². The maximum absolute atomic E-state index is 12.7. The molecule has 1 aliphatic heterocycles. The lowest BCUT2D eigenvalue weighted by Crippen LogP contribution is -2.51. The summed E-state index contributed by atoms with van der Waals surface area (Å²) in [7, 11) is 0. The molecule has 3 aliphatic rings. The van der Waals surface area contributed by atoms with Gasteiger partial charge in [-0.05, 0) is 78.1 Å². The molecule has 2 atom stereocenters. The van der Waals surface area contributed by atoms with E-state index >= 15 is 0 Å². The number of non-ortho nitro benzene ring substituents is 1. The summed E-state index contributed by atoms with van der Waals surface area (Å²) in [5.41, 5.74) is 4.98. The van der Waals surface area contributed by atoms with Gasteiger partial charge in [-0.2, -0.15) is 0 Å². The second kappa shape index (κ2) is 10.1. The Balaban J connectivity index is 1.31. The molecule has 1 saturated heterocycles. The molecule has 7 nitrogen and oxygen atoms in total. The highest BCUT2D eigenvalue weighted by molar-refractivity contribution is 5.91. The molecule has 0 aromatic heterocycles. The van der Waals surface area contributed by atoms with Crippen LogP contribution in [0.15, 0.2) is 78.4 Å². The Kier molecular flexibility index (Phi) is 6.57. The normalized spacial score (nSPS) is 24.2. The molecule has 200 valence electrons. The number of hydrogen-bond donors (Lipinski definition) is 0. The monoisotopic (exact) mass is 525 g/mol. The largest absolute Gasteiger partial charge is 0.423 e. The van der Waals surface area contributed by atoms with E-state index in [0.717, 1.165) is 37.7 Å². The summed E-state index contributed by atoms with van der Waals surface area (Å²) in [5.74, 6) is -0.297. The lowest BCUT2D eigenvalue weighted by atomic mass is 9.53. The molecule has 0 unspecified atom stereocenters. The van der Waals surface area contributed by atoms with Crippen molar-refractivity contribution < 1.29 is 23.9 Å². The van der Waals surface area contributed by atoms with Gasteiger partial charge in [-0.25, -0.2) is 4.79 Å². The number of nitro groups is 1.